The topological polar surface area (TPSA) is 46.2 Å². The van der Waals surface area contributed by atoms with Gasteiger partial charge >= 0.3 is 0 Å². The maximum atomic E-state index is 7.68. The van der Waals surface area contributed by atoms with E-state index in [1.807, 2.05) is 0 Å². The van der Waals surface area contributed by atoms with Gasteiger partial charge in [0, 0.05) is 57.4 Å². The minimum absolute atomic E-state index is 0.110. The highest BCUT2D eigenvalue weighted by Gasteiger charge is 2.49. The standard InChI is InChI=1S/C84H68B3N3O3/c1-44-26-48(5)78(49(6)27-44)56-34-67-81-70(35-56)89(59-20-14-13-15-21-59)68-24-18-16-22-60(68)85(81)62-40-64-73(42-66(62)88-67)92-76-38-58(80-52(9)30-46(3)31-53(80)10)39-77-83(76)87(64)65-41-63-69(43-74(65)93-77)90(84-54(11)32-47(4)33-55(84)12)71-36-57(79-50(7)28-45(2)29-51(79)8)37-75-82(71)86(63)61-23-17-19-25-72(61)91-75/h13-43,88H,1-12H3. The Morgan fingerprint density at radius 2 is 0.720 bits per heavy atom. The minimum Gasteiger partial charge on any atom is -0.458 e. The summed E-state index contributed by atoms with van der Waals surface area (Å²) in [6, 6.07) is 71.1. The average molecular weight is 1200 g/mol. The van der Waals surface area contributed by atoms with Crippen LogP contribution in [0, 0.1) is 83.1 Å². The molecule has 12 aromatic carbocycles. The summed E-state index contributed by atoms with van der Waals surface area (Å²) in [5.41, 5.74) is 41.4. The minimum atomic E-state index is -0.273. The summed E-state index contributed by atoms with van der Waals surface area (Å²) in [6.07, 6.45) is 0. The zero-order chi connectivity index (χ0) is 63.3. The van der Waals surface area contributed by atoms with Gasteiger partial charge in [0.1, 0.15) is 34.5 Å². The highest BCUT2D eigenvalue weighted by atomic mass is 16.5. The molecule has 0 atom stereocenters. The summed E-state index contributed by atoms with van der Waals surface area (Å²) in [5, 5.41) is 4.14. The maximum Gasteiger partial charge on any atom is 0.260 e. The Morgan fingerprint density at radius 1 is 0.280 bits per heavy atom. The number of anilines is 8. The van der Waals surface area contributed by atoms with Gasteiger partial charge in [-0.05, 0) is 265 Å². The smallest absolute Gasteiger partial charge is 0.260 e. The zero-order valence-corrected chi connectivity index (χ0v) is 54.7. The van der Waals surface area contributed by atoms with Crippen molar-refractivity contribution in [3.63, 3.8) is 0 Å². The van der Waals surface area contributed by atoms with Crippen LogP contribution >= 0.6 is 0 Å². The molecule has 93 heavy (non-hydrogen) atoms. The van der Waals surface area contributed by atoms with Gasteiger partial charge in [-0.1, -0.05) is 138 Å². The van der Waals surface area contributed by atoms with Gasteiger partial charge in [-0.2, -0.15) is 0 Å². The molecule has 0 radical (unpaired) electrons. The highest BCUT2D eigenvalue weighted by molar-refractivity contribution is 7.03. The third-order valence-electron chi connectivity index (χ3n) is 21.0. The van der Waals surface area contributed by atoms with Crippen molar-refractivity contribution >= 4 is 115 Å². The van der Waals surface area contributed by atoms with Crippen LogP contribution in [0.5, 0.6) is 34.5 Å². The van der Waals surface area contributed by atoms with E-state index in [2.05, 4.69) is 286 Å². The lowest BCUT2D eigenvalue weighted by Gasteiger charge is -2.43. The Balaban J connectivity index is 0.903. The fourth-order valence-electron chi connectivity index (χ4n) is 18.0. The second-order valence-electron chi connectivity index (χ2n) is 27.6. The summed E-state index contributed by atoms with van der Waals surface area (Å²) in [6.45, 7) is 26.2. The fraction of sp³-hybridized carbons (Fsp3) is 0.143. The molecule has 6 aliphatic rings. The Labute approximate surface area is 546 Å². The van der Waals surface area contributed by atoms with Gasteiger partial charge in [0.05, 0.1) is 5.69 Å². The predicted molar refractivity (Wildman–Crippen MR) is 392 cm³/mol. The number of rotatable bonds is 5. The Kier molecular flexibility index (Phi) is 12.0. The normalized spacial score (nSPS) is 13.6. The van der Waals surface area contributed by atoms with E-state index < -0.39 is 0 Å². The number of ether oxygens (including phenoxy) is 3. The lowest BCUT2D eigenvalue weighted by atomic mass is 9.30. The molecule has 12 aromatic rings. The van der Waals surface area contributed by atoms with Gasteiger partial charge in [-0.15, -0.1) is 0 Å². The second kappa shape index (κ2) is 20.1. The van der Waals surface area contributed by atoms with E-state index in [0.717, 1.165) is 107 Å². The highest BCUT2D eigenvalue weighted by Crippen LogP contribution is 2.50. The Morgan fingerprint density at radius 3 is 1.31 bits per heavy atom. The van der Waals surface area contributed by atoms with Crippen LogP contribution in [-0.4, -0.2) is 20.1 Å². The molecule has 9 heteroatoms. The molecule has 446 valence electrons. The Hall–Kier alpha value is -10.4. The zero-order valence-electron chi connectivity index (χ0n) is 54.7. The molecule has 18 rings (SSSR count). The SMILES string of the molecule is Cc1cc(C)c(-c2cc3c4c(c2)Oc2cc5c(cc2B4c2cc4c(cc2O3)Nc2cc(-c3c(C)cc(C)cc3C)cc3c2B4c2ccccc2N3c2ccccc2)B2c3ccccc3Oc3cc(-c4c(C)cc(C)cc4C)cc(c32)N5c2c(C)cc(C)cc2C)c(C)c1. The molecule has 0 spiro atoms. The first kappa shape index (κ1) is 55.5. The van der Waals surface area contributed by atoms with Crippen LogP contribution in [-0.2, 0) is 0 Å². The summed E-state index contributed by atoms with van der Waals surface area (Å²) in [4.78, 5) is 5.04. The van der Waals surface area contributed by atoms with Crippen LogP contribution in [0.1, 0.15) is 66.8 Å². The number of benzene rings is 12. The van der Waals surface area contributed by atoms with Crippen molar-refractivity contribution in [1.82, 2.24) is 0 Å². The first-order valence-corrected chi connectivity index (χ1v) is 32.9. The van der Waals surface area contributed by atoms with Crippen LogP contribution in [0.4, 0.5) is 45.5 Å². The maximum absolute atomic E-state index is 7.68. The molecule has 0 aliphatic carbocycles. The monoisotopic (exact) mass is 1200 g/mol. The van der Waals surface area contributed by atoms with E-state index in [1.54, 1.807) is 0 Å². The molecule has 6 aliphatic heterocycles. The molecule has 0 saturated carbocycles. The third kappa shape index (κ3) is 8.18. The summed E-state index contributed by atoms with van der Waals surface area (Å²) < 4.78 is 22.5. The predicted octanol–water partition coefficient (Wildman–Crippen LogP) is 15.9. The Bertz CT molecular complexity index is 5270. The number of fused-ring (bicyclic) bond motifs is 12. The van der Waals surface area contributed by atoms with Crippen molar-refractivity contribution in [3.8, 4) is 67.9 Å². The molecule has 6 heterocycles. The quantitative estimate of drug-likeness (QED) is 0.173. The number of nitrogens with one attached hydrogen (secondary N) is 1. The number of hydrogen-bond donors (Lipinski definition) is 1. The fourth-order valence-corrected chi connectivity index (χ4v) is 18.0. The van der Waals surface area contributed by atoms with E-state index in [0.29, 0.717) is 0 Å². The molecule has 0 aromatic heterocycles. The molecule has 0 bridgehead atoms. The molecule has 0 unspecified atom stereocenters. The van der Waals surface area contributed by atoms with Crippen LogP contribution in [0.2, 0.25) is 0 Å². The number of nitrogens with zero attached hydrogens (tertiary/aromatic N) is 2. The number of para-hydroxylation sites is 3. The lowest BCUT2D eigenvalue weighted by Crippen LogP contribution is -2.64. The molecular weight excluding hydrogens is 1130 g/mol. The largest absolute Gasteiger partial charge is 0.458 e. The van der Waals surface area contributed by atoms with Crippen molar-refractivity contribution < 1.29 is 14.2 Å². The van der Waals surface area contributed by atoms with Gasteiger partial charge in [0.15, 0.2) is 0 Å². The molecular formula is C84H68B3N3O3. The van der Waals surface area contributed by atoms with E-state index in [1.165, 1.54) is 122 Å². The first-order chi connectivity index (χ1) is 45.0. The van der Waals surface area contributed by atoms with Crippen molar-refractivity contribution in [2.24, 2.45) is 0 Å². The van der Waals surface area contributed by atoms with Gasteiger partial charge in [0.2, 0.25) is 0 Å². The summed E-state index contributed by atoms with van der Waals surface area (Å²) >= 11 is 0. The van der Waals surface area contributed by atoms with Crippen LogP contribution in [0.3, 0.4) is 0 Å². The molecule has 0 fully saturated rings. The van der Waals surface area contributed by atoms with Gasteiger partial charge in [-0.25, -0.2) is 0 Å². The van der Waals surface area contributed by atoms with Crippen LogP contribution in [0.15, 0.2) is 188 Å². The molecule has 0 saturated heterocycles. The first-order valence-electron chi connectivity index (χ1n) is 32.9. The number of aryl methyl sites for hydroxylation is 12. The third-order valence-corrected chi connectivity index (χ3v) is 21.0. The van der Waals surface area contributed by atoms with E-state index in [9.17, 15) is 0 Å². The average Bonchev–Trinajstić information content (AvgIpc) is 0.699. The van der Waals surface area contributed by atoms with Crippen molar-refractivity contribution in [1.29, 1.82) is 0 Å². The van der Waals surface area contributed by atoms with Crippen molar-refractivity contribution in [2.75, 3.05) is 15.1 Å². The van der Waals surface area contributed by atoms with Gasteiger partial charge in [-0.3, -0.25) is 0 Å². The molecule has 1 N–H and O–H groups in total. The van der Waals surface area contributed by atoms with Crippen LogP contribution in [0.25, 0.3) is 33.4 Å². The van der Waals surface area contributed by atoms with Gasteiger partial charge in [0.25, 0.3) is 20.1 Å². The number of hydrogen-bond acceptors (Lipinski definition) is 6. The van der Waals surface area contributed by atoms with Gasteiger partial charge < -0.3 is 29.3 Å². The van der Waals surface area contributed by atoms with Crippen LogP contribution < -0.4 is 78.5 Å². The molecule has 0 amide bonds. The van der Waals surface area contributed by atoms with E-state index in [4.69, 9.17) is 14.2 Å². The summed E-state index contributed by atoms with van der Waals surface area (Å²) in [5.74, 6) is 5.03. The lowest BCUT2D eigenvalue weighted by molar-refractivity contribution is 0.465. The van der Waals surface area contributed by atoms with Crippen molar-refractivity contribution in [2.45, 2.75) is 83.1 Å². The van der Waals surface area contributed by atoms with E-state index >= 15 is 0 Å². The summed E-state index contributed by atoms with van der Waals surface area (Å²) in [7, 11) is 0. The van der Waals surface area contributed by atoms with E-state index in [-0.39, 0.29) is 20.1 Å². The molecule has 6 nitrogen and oxygen atoms in total. The second-order valence-corrected chi connectivity index (χ2v) is 27.6. The van der Waals surface area contributed by atoms with Crippen molar-refractivity contribution in [3.05, 3.63) is 255 Å².